The monoisotopic (exact) mass is 289 g/mol. The maximum Gasteiger partial charge on any atom is 0.416 e. The lowest BCUT2D eigenvalue weighted by atomic mass is 10.1. The van der Waals surface area contributed by atoms with Crippen LogP contribution in [-0.4, -0.2) is 29.8 Å². The molecule has 20 heavy (non-hydrogen) atoms. The Morgan fingerprint density at radius 3 is 2.60 bits per heavy atom. The minimum absolute atomic E-state index is 0.0271. The first kappa shape index (κ1) is 14.9. The van der Waals surface area contributed by atoms with Crippen molar-refractivity contribution in [2.75, 3.05) is 24.3 Å². The van der Waals surface area contributed by atoms with Crippen LogP contribution in [0, 0.1) is 5.92 Å². The number of aliphatic hydroxyl groups excluding tert-OH is 1. The fourth-order valence-corrected chi connectivity index (χ4v) is 2.53. The van der Waals surface area contributed by atoms with E-state index in [0.717, 1.165) is 31.4 Å². The van der Waals surface area contributed by atoms with Crippen molar-refractivity contribution in [3.63, 3.8) is 0 Å². The van der Waals surface area contributed by atoms with Crippen LogP contribution in [0.5, 0.6) is 0 Å². The van der Waals surface area contributed by atoms with Crippen LogP contribution in [0.4, 0.5) is 24.8 Å². The van der Waals surface area contributed by atoms with E-state index in [4.69, 9.17) is 0 Å². The van der Waals surface area contributed by atoms with Crippen molar-refractivity contribution in [1.82, 2.24) is 4.98 Å². The largest absolute Gasteiger partial charge is 0.416 e. The Bertz CT molecular complexity index is 465. The molecular formula is C13H18F3N3O. The molecule has 1 aromatic rings. The van der Waals surface area contributed by atoms with E-state index < -0.39 is 11.7 Å². The van der Waals surface area contributed by atoms with Gasteiger partial charge in [-0.2, -0.15) is 13.2 Å². The Balaban J connectivity index is 2.22. The zero-order valence-corrected chi connectivity index (χ0v) is 11.2. The normalized spacial score (nSPS) is 22.9. The summed E-state index contributed by atoms with van der Waals surface area (Å²) in [6, 6.07) is 1.96. The number of nitrogens with one attached hydrogen (secondary N) is 2. The van der Waals surface area contributed by atoms with Gasteiger partial charge in [0.2, 0.25) is 0 Å². The van der Waals surface area contributed by atoms with Crippen LogP contribution >= 0.6 is 0 Å². The Kier molecular flexibility index (Phi) is 4.37. The zero-order chi connectivity index (χ0) is 14.8. The highest BCUT2D eigenvalue weighted by atomic mass is 19.4. The number of pyridine rings is 1. The van der Waals surface area contributed by atoms with Crippen LogP contribution in [0.15, 0.2) is 12.1 Å². The third-order valence-electron chi connectivity index (χ3n) is 3.64. The van der Waals surface area contributed by atoms with Crippen LogP contribution in [0.25, 0.3) is 0 Å². The zero-order valence-electron chi connectivity index (χ0n) is 11.2. The number of anilines is 2. The third-order valence-corrected chi connectivity index (χ3v) is 3.64. The van der Waals surface area contributed by atoms with Gasteiger partial charge in [0.1, 0.15) is 11.6 Å². The van der Waals surface area contributed by atoms with Crippen LogP contribution in [0.2, 0.25) is 0 Å². The second-order valence-corrected chi connectivity index (χ2v) is 5.00. The minimum atomic E-state index is -4.41. The lowest BCUT2D eigenvalue weighted by Crippen LogP contribution is -2.27. The number of aromatic nitrogens is 1. The van der Waals surface area contributed by atoms with Crippen LogP contribution in [0.1, 0.15) is 24.8 Å². The molecule has 1 saturated carbocycles. The van der Waals surface area contributed by atoms with E-state index >= 15 is 0 Å². The predicted molar refractivity (Wildman–Crippen MR) is 70.6 cm³/mol. The average molecular weight is 289 g/mol. The van der Waals surface area contributed by atoms with Gasteiger partial charge in [-0.1, -0.05) is 6.42 Å². The number of nitrogens with zero attached hydrogens (tertiary/aromatic N) is 1. The van der Waals surface area contributed by atoms with Gasteiger partial charge >= 0.3 is 6.18 Å². The van der Waals surface area contributed by atoms with Crippen molar-refractivity contribution in [2.24, 2.45) is 5.92 Å². The van der Waals surface area contributed by atoms with Crippen molar-refractivity contribution in [1.29, 1.82) is 0 Å². The van der Waals surface area contributed by atoms with Gasteiger partial charge in [0, 0.05) is 25.6 Å². The molecule has 2 rings (SSSR count). The van der Waals surface area contributed by atoms with Gasteiger partial charge < -0.3 is 15.7 Å². The summed E-state index contributed by atoms with van der Waals surface area (Å²) in [7, 11) is 1.53. The van der Waals surface area contributed by atoms with E-state index in [0.29, 0.717) is 0 Å². The molecule has 1 fully saturated rings. The van der Waals surface area contributed by atoms with E-state index in [1.807, 2.05) is 0 Å². The number of halogens is 3. The van der Waals surface area contributed by atoms with Crippen molar-refractivity contribution < 1.29 is 18.3 Å². The van der Waals surface area contributed by atoms with Crippen molar-refractivity contribution in [3.05, 3.63) is 17.7 Å². The molecule has 2 unspecified atom stereocenters. The minimum Gasteiger partial charge on any atom is -0.396 e. The highest BCUT2D eigenvalue weighted by Crippen LogP contribution is 2.33. The van der Waals surface area contributed by atoms with Gasteiger partial charge in [0.15, 0.2) is 0 Å². The summed E-state index contributed by atoms with van der Waals surface area (Å²) < 4.78 is 38.5. The first-order valence-electron chi connectivity index (χ1n) is 6.58. The average Bonchev–Trinajstić information content (AvgIpc) is 2.84. The first-order chi connectivity index (χ1) is 9.44. The van der Waals surface area contributed by atoms with Crippen molar-refractivity contribution in [3.8, 4) is 0 Å². The SMILES string of the molecule is CNc1cc(C(F)(F)F)cc(NC2CCCC2CO)n1. The summed E-state index contributed by atoms with van der Waals surface area (Å²) >= 11 is 0. The first-order valence-corrected chi connectivity index (χ1v) is 6.58. The van der Waals surface area contributed by atoms with E-state index in [1.54, 1.807) is 0 Å². The molecule has 0 bridgehead atoms. The molecule has 2 atom stereocenters. The maximum atomic E-state index is 12.8. The molecule has 0 amide bonds. The van der Waals surface area contributed by atoms with E-state index in [9.17, 15) is 18.3 Å². The smallest absolute Gasteiger partial charge is 0.396 e. The Morgan fingerprint density at radius 2 is 2.00 bits per heavy atom. The molecule has 0 saturated heterocycles. The Labute approximate surface area is 115 Å². The van der Waals surface area contributed by atoms with Gasteiger partial charge in [0.05, 0.1) is 5.56 Å². The molecule has 1 heterocycles. The summed E-state index contributed by atoms with van der Waals surface area (Å²) in [5.41, 5.74) is -0.738. The van der Waals surface area contributed by atoms with Gasteiger partial charge in [-0.25, -0.2) is 4.98 Å². The van der Waals surface area contributed by atoms with Crippen LogP contribution < -0.4 is 10.6 Å². The van der Waals surface area contributed by atoms with Crippen molar-refractivity contribution in [2.45, 2.75) is 31.5 Å². The lowest BCUT2D eigenvalue weighted by molar-refractivity contribution is -0.137. The second-order valence-electron chi connectivity index (χ2n) is 5.00. The molecule has 3 N–H and O–H groups in total. The molecule has 1 aromatic heterocycles. The Hall–Kier alpha value is -1.50. The standard InChI is InChI=1S/C13H18F3N3O/c1-17-11-5-9(13(14,15)16)6-12(19-11)18-10-4-2-3-8(10)7-20/h5-6,8,10,20H,2-4,7H2,1H3,(H2,17,18,19). The molecule has 1 aliphatic carbocycles. The van der Waals surface area contributed by atoms with Crippen LogP contribution in [0.3, 0.4) is 0 Å². The van der Waals surface area contributed by atoms with E-state index in [2.05, 4.69) is 15.6 Å². The lowest BCUT2D eigenvalue weighted by Gasteiger charge is -2.21. The van der Waals surface area contributed by atoms with Crippen molar-refractivity contribution >= 4 is 11.6 Å². The molecular weight excluding hydrogens is 271 g/mol. The molecule has 112 valence electrons. The van der Waals surface area contributed by atoms with Gasteiger partial charge in [-0.05, 0) is 25.0 Å². The van der Waals surface area contributed by atoms with Crippen LogP contribution in [-0.2, 0) is 6.18 Å². The van der Waals surface area contributed by atoms with Gasteiger partial charge in [-0.3, -0.25) is 0 Å². The van der Waals surface area contributed by atoms with E-state index in [-0.39, 0.29) is 30.2 Å². The molecule has 0 radical (unpaired) electrons. The summed E-state index contributed by atoms with van der Waals surface area (Å²) in [6.07, 6.45) is -1.73. The molecule has 0 spiro atoms. The number of hydrogen-bond donors (Lipinski definition) is 3. The summed E-state index contributed by atoms with van der Waals surface area (Å²) in [6.45, 7) is 0.0372. The summed E-state index contributed by atoms with van der Waals surface area (Å²) in [5, 5.41) is 14.9. The fourth-order valence-electron chi connectivity index (χ4n) is 2.53. The number of aliphatic hydroxyl groups is 1. The number of rotatable bonds is 4. The summed E-state index contributed by atoms with van der Waals surface area (Å²) in [4.78, 5) is 4.09. The second kappa shape index (κ2) is 5.87. The fraction of sp³-hybridized carbons (Fsp3) is 0.615. The predicted octanol–water partition coefficient (Wildman–Crippen LogP) is 2.72. The quantitative estimate of drug-likeness (QED) is 0.797. The number of alkyl halides is 3. The molecule has 7 heteroatoms. The van der Waals surface area contributed by atoms with Gasteiger partial charge in [-0.15, -0.1) is 0 Å². The Morgan fingerprint density at radius 1 is 1.30 bits per heavy atom. The molecule has 4 nitrogen and oxygen atoms in total. The highest BCUT2D eigenvalue weighted by Gasteiger charge is 2.32. The highest BCUT2D eigenvalue weighted by molar-refractivity contribution is 5.50. The molecule has 0 aliphatic heterocycles. The summed E-state index contributed by atoms with van der Waals surface area (Å²) in [5.74, 6) is 0.430. The topological polar surface area (TPSA) is 57.2 Å². The number of hydrogen-bond acceptors (Lipinski definition) is 4. The third kappa shape index (κ3) is 3.33. The van der Waals surface area contributed by atoms with Gasteiger partial charge in [0.25, 0.3) is 0 Å². The molecule has 0 aromatic carbocycles. The maximum absolute atomic E-state index is 12.8. The molecule has 1 aliphatic rings. The van der Waals surface area contributed by atoms with E-state index in [1.165, 1.54) is 7.05 Å².